The molecule has 1 saturated carbocycles. The maximum Gasteiger partial charge on any atom is 0.240 e. The zero-order valence-electron chi connectivity index (χ0n) is 9.35. The third kappa shape index (κ3) is 2.88. The Hall–Kier alpha value is -0.430. The van der Waals surface area contributed by atoms with Gasteiger partial charge in [-0.3, -0.25) is 0 Å². The van der Waals surface area contributed by atoms with E-state index in [4.69, 9.17) is 5.11 Å². The summed E-state index contributed by atoms with van der Waals surface area (Å²) >= 11 is 3.31. The number of aliphatic hydroxyl groups excluding tert-OH is 1. The molecule has 0 saturated heterocycles. The maximum absolute atomic E-state index is 12.0. The van der Waals surface area contributed by atoms with Gasteiger partial charge in [0.25, 0.3) is 0 Å². The lowest BCUT2D eigenvalue weighted by Gasteiger charge is -2.31. The average molecular weight is 320 g/mol. The Kier molecular flexibility index (Phi) is 3.58. The fraction of sp³-hybridized carbons (Fsp3) is 0.455. The molecule has 0 atom stereocenters. The van der Waals surface area contributed by atoms with Gasteiger partial charge in [-0.05, 0) is 37.5 Å². The van der Waals surface area contributed by atoms with Gasteiger partial charge in [0.1, 0.15) is 0 Å². The molecule has 2 rings (SSSR count). The zero-order valence-corrected chi connectivity index (χ0v) is 11.8. The number of rotatable bonds is 3. The normalized spacial score (nSPS) is 24.4. The fourth-order valence-corrected chi connectivity index (χ4v) is 3.53. The van der Waals surface area contributed by atoms with Crippen LogP contribution in [-0.2, 0) is 10.0 Å². The van der Waals surface area contributed by atoms with E-state index in [0.717, 1.165) is 10.0 Å². The van der Waals surface area contributed by atoms with Crippen molar-refractivity contribution in [3.63, 3.8) is 0 Å². The topological polar surface area (TPSA) is 66.4 Å². The molecule has 1 fully saturated rings. The minimum absolute atomic E-state index is 0.143. The van der Waals surface area contributed by atoms with Crippen LogP contribution in [0.15, 0.2) is 27.6 Å². The van der Waals surface area contributed by atoms with Crippen LogP contribution in [0.1, 0.15) is 18.4 Å². The average Bonchev–Trinajstić information content (AvgIpc) is 2.19. The van der Waals surface area contributed by atoms with E-state index in [1.165, 1.54) is 0 Å². The highest BCUT2D eigenvalue weighted by molar-refractivity contribution is 9.10. The second-order valence-corrected chi connectivity index (χ2v) is 6.92. The van der Waals surface area contributed by atoms with Gasteiger partial charge in [-0.25, -0.2) is 13.1 Å². The van der Waals surface area contributed by atoms with Gasteiger partial charge in [0.2, 0.25) is 10.0 Å². The van der Waals surface area contributed by atoms with Crippen molar-refractivity contribution in [2.75, 3.05) is 0 Å². The van der Waals surface area contributed by atoms with Crippen LogP contribution < -0.4 is 4.72 Å². The van der Waals surface area contributed by atoms with E-state index < -0.39 is 10.0 Å². The summed E-state index contributed by atoms with van der Waals surface area (Å²) in [6.07, 6.45) is 0.617. The molecule has 2 N–H and O–H groups in total. The first-order chi connectivity index (χ1) is 7.88. The van der Waals surface area contributed by atoms with Gasteiger partial charge < -0.3 is 5.11 Å². The first-order valence-electron chi connectivity index (χ1n) is 5.35. The van der Waals surface area contributed by atoms with Crippen LogP contribution in [0, 0.1) is 6.92 Å². The second kappa shape index (κ2) is 4.68. The number of halogens is 1. The predicted octanol–water partition coefficient (Wildman–Crippen LogP) is 1.56. The lowest BCUT2D eigenvalue weighted by molar-refractivity contribution is 0.0712. The van der Waals surface area contributed by atoms with E-state index in [2.05, 4.69) is 20.7 Å². The minimum Gasteiger partial charge on any atom is -0.393 e. The molecule has 6 heteroatoms. The Balaban J connectivity index is 2.17. The van der Waals surface area contributed by atoms with Crippen molar-refractivity contribution in [1.82, 2.24) is 4.72 Å². The molecule has 1 aromatic rings. The number of hydrogen-bond acceptors (Lipinski definition) is 3. The van der Waals surface area contributed by atoms with Crippen molar-refractivity contribution in [3.8, 4) is 0 Å². The summed E-state index contributed by atoms with van der Waals surface area (Å²) in [7, 11) is -3.47. The van der Waals surface area contributed by atoms with Crippen molar-refractivity contribution in [2.24, 2.45) is 0 Å². The van der Waals surface area contributed by atoms with Crippen LogP contribution in [-0.4, -0.2) is 25.7 Å². The smallest absolute Gasteiger partial charge is 0.240 e. The number of hydrogen-bond donors (Lipinski definition) is 2. The summed E-state index contributed by atoms with van der Waals surface area (Å²) < 4.78 is 27.3. The van der Waals surface area contributed by atoms with E-state index >= 15 is 0 Å². The standard InChI is InChI=1S/C11H14BrNO3S/c1-7-2-3-10(6-11(7)12)17(15,16)13-8-4-9(14)5-8/h2-3,6,8-9,13-14H,4-5H2,1H3. The quantitative estimate of drug-likeness (QED) is 0.888. The molecule has 1 aliphatic carbocycles. The molecule has 0 unspecified atom stereocenters. The van der Waals surface area contributed by atoms with Crippen LogP contribution in [0.2, 0.25) is 0 Å². The summed E-state index contributed by atoms with van der Waals surface area (Å²) in [6, 6.07) is 4.79. The third-order valence-corrected chi connectivity index (χ3v) is 5.26. The Morgan fingerprint density at radius 1 is 1.41 bits per heavy atom. The summed E-state index contributed by atoms with van der Waals surface area (Å²) in [5, 5.41) is 9.12. The van der Waals surface area contributed by atoms with Crippen molar-refractivity contribution >= 4 is 26.0 Å². The van der Waals surface area contributed by atoms with Crippen molar-refractivity contribution in [3.05, 3.63) is 28.2 Å². The van der Waals surface area contributed by atoms with Gasteiger partial charge in [-0.1, -0.05) is 22.0 Å². The fourth-order valence-electron chi connectivity index (χ4n) is 1.71. The largest absolute Gasteiger partial charge is 0.393 e. The van der Waals surface area contributed by atoms with Crippen LogP contribution in [0.3, 0.4) is 0 Å². The minimum atomic E-state index is -3.47. The molecule has 0 bridgehead atoms. The molecule has 4 nitrogen and oxygen atoms in total. The molecule has 0 aromatic heterocycles. The number of sulfonamides is 1. The Morgan fingerprint density at radius 3 is 2.59 bits per heavy atom. The molecule has 0 radical (unpaired) electrons. The van der Waals surface area contributed by atoms with E-state index in [0.29, 0.717) is 12.8 Å². The predicted molar refractivity (Wildman–Crippen MR) is 68.2 cm³/mol. The monoisotopic (exact) mass is 319 g/mol. The zero-order chi connectivity index (χ0) is 12.6. The number of nitrogens with one attached hydrogen (secondary N) is 1. The van der Waals surface area contributed by atoms with Crippen molar-refractivity contribution < 1.29 is 13.5 Å². The summed E-state index contributed by atoms with van der Waals surface area (Å²) in [4.78, 5) is 0.247. The third-order valence-electron chi connectivity index (χ3n) is 2.89. The molecule has 0 amide bonds. The number of aryl methyl sites for hydroxylation is 1. The van der Waals surface area contributed by atoms with Gasteiger partial charge >= 0.3 is 0 Å². The Bertz CT molecular complexity index is 524. The van der Waals surface area contributed by atoms with E-state index in [1.54, 1.807) is 18.2 Å². The van der Waals surface area contributed by atoms with Gasteiger partial charge in [0.05, 0.1) is 11.0 Å². The summed E-state index contributed by atoms with van der Waals surface area (Å²) in [5.74, 6) is 0. The van der Waals surface area contributed by atoms with Gasteiger partial charge in [-0.15, -0.1) is 0 Å². The van der Waals surface area contributed by atoms with E-state index in [9.17, 15) is 8.42 Å². The summed E-state index contributed by atoms with van der Waals surface area (Å²) in [5.41, 5.74) is 0.989. The lowest BCUT2D eigenvalue weighted by Crippen LogP contribution is -2.46. The Morgan fingerprint density at radius 2 is 2.06 bits per heavy atom. The summed E-state index contributed by atoms with van der Waals surface area (Å²) in [6.45, 7) is 1.90. The second-order valence-electron chi connectivity index (χ2n) is 4.35. The maximum atomic E-state index is 12.0. The van der Waals surface area contributed by atoms with Crippen LogP contribution in [0.4, 0.5) is 0 Å². The molecule has 0 heterocycles. The number of aliphatic hydroxyl groups is 1. The molecule has 1 aliphatic rings. The van der Waals surface area contributed by atoms with E-state index in [1.807, 2.05) is 6.92 Å². The first-order valence-corrected chi connectivity index (χ1v) is 7.62. The van der Waals surface area contributed by atoms with Gasteiger partial charge in [0.15, 0.2) is 0 Å². The highest BCUT2D eigenvalue weighted by Gasteiger charge is 2.31. The van der Waals surface area contributed by atoms with Crippen LogP contribution >= 0.6 is 15.9 Å². The highest BCUT2D eigenvalue weighted by atomic mass is 79.9. The molecular weight excluding hydrogens is 306 g/mol. The molecule has 1 aromatic carbocycles. The van der Waals surface area contributed by atoms with Crippen molar-refractivity contribution in [2.45, 2.75) is 36.8 Å². The van der Waals surface area contributed by atoms with Gasteiger partial charge in [-0.2, -0.15) is 0 Å². The first kappa shape index (κ1) is 13.0. The van der Waals surface area contributed by atoms with Crippen molar-refractivity contribution in [1.29, 1.82) is 0 Å². The van der Waals surface area contributed by atoms with Crippen LogP contribution in [0.5, 0.6) is 0 Å². The van der Waals surface area contributed by atoms with Crippen LogP contribution in [0.25, 0.3) is 0 Å². The SMILES string of the molecule is Cc1ccc(S(=O)(=O)NC2CC(O)C2)cc1Br. The molecular formula is C11H14BrNO3S. The molecule has 94 valence electrons. The van der Waals surface area contributed by atoms with E-state index in [-0.39, 0.29) is 17.0 Å². The Labute approximate surface area is 109 Å². The molecule has 0 aliphatic heterocycles. The highest BCUT2D eigenvalue weighted by Crippen LogP contribution is 2.24. The molecule has 17 heavy (non-hydrogen) atoms. The number of benzene rings is 1. The van der Waals surface area contributed by atoms with Gasteiger partial charge in [0, 0.05) is 10.5 Å². The lowest BCUT2D eigenvalue weighted by atomic mass is 9.91. The molecule has 0 spiro atoms.